The largest absolute Gasteiger partial charge is 0.491 e. The van der Waals surface area contributed by atoms with E-state index in [1.807, 2.05) is 80.5 Å². The molecular formula is C31H35N3O2. The third-order valence-corrected chi connectivity index (χ3v) is 6.25. The Balaban J connectivity index is 1.41. The van der Waals surface area contributed by atoms with E-state index < -0.39 is 0 Å². The van der Waals surface area contributed by atoms with Crippen molar-refractivity contribution in [3.63, 3.8) is 0 Å². The number of aromatic nitrogens is 2. The number of imidazole rings is 1. The lowest BCUT2D eigenvalue weighted by molar-refractivity contribution is -0.129. The van der Waals surface area contributed by atoms with Crippen LogP contribution in [0.5, 0.6) is 5.75 Å². The molecule has 0 fully saturated rings. The first-order valence-electron chi connectivity index (χ1n) is 12.6. The summed E-state index contributed by atoms with van der Waals surface area (Å²) in [4.78, 5) is 23.1. The normalized spacial score (nSPS) is 11.9. The lowest BCUT2D eigenvalue weighted by Crippen LogP contribution is -2.32. The molecule has 3 aromatic carbocycles. The molecule has 5 nitrogen and oxygen atoms in total. The number of aromatic amines is 1. The summed E-state index contributed by atoms with van der Waals surface area (Å²) in [5, 5.41) is 0. The molecule has 1 amide bonds. The number of aryl methyl sites for hydroxylation is 1. The SMILES string of the molecule is CC(C)Oc1cccc(CC(=O)N(C)CC(CCc2nc(-c3ccccc3)c[nH]2)c2ccccc2)c1. The molecule has 1 atom stereocenters. The minimum absolute atomic E-state index is 0.0991. The average molecular weight is 482 g/mol. The molecule has 0 aliphatic carbocycles. The zero-order valence-electron chi connectivity index (χ0n) is 21.4. The van der Waals surface area contributed by atoms with Crippen molar-refractivity contribution >= 4 is 5.91 Å². The number of benzene rings is 3. The van der Waals surface area contributed by atoms with Crippen molar-refractivity contribution in [1.29, 1.82) is 0 Å². The molecule has 0 bridgehead atoms. The molecule has 0 radical (unpaired) electrons. The van der Waals surface area contributed by atoms with E-state index in [1.165, 1.54) is 5.56 Å². The highest BCUT2D eigenvalue weighted by Crippen LogP contribution is 2.24. The predicted octanol–water partition coefficient (Wildman–Crippen LogP) is 6.28. The molecule has 0 aliphatic heterocycles. The molecule has 5 heteroatoms. The first-order chi connectivity index (χ1) is 17.5. The van der Waals surface area contributed by atoms with Crippen LogP contribution in [0.2, 0.25) is 0 Å². The molecule has 4 rings (SSSR count). The van der Waals surface area contributed by atoms with Crippen LogP contribution >= 0.6 is 0 Å². The molecule has 1 unspecified atom stereocenters. The lowest BCUT2D eigenvalue weighted by atomic mass is 9.93. The van der Waals surface area contributed by atoms with Gasteiger partial charge in [-0.3, -0.25) is 4.79 Å². The maximum atomic E-state index is 13.1. The number of rotatable bonds is 11. The van der Waals surface area contributed by atoms with Crippen molar-refractivity contribution < 1.29 is 9.53 Å². The van der Waals surface area contributed by atoms with Gasteiger partial charge >= 0.3 is 0 Å². The lowest BCUT2D eigenvalue weighted by Gasteiger charge is -2.25. The second kappa shape index (κ2) is 12.2. The Hall–Kier alpha value is -3.86. The molecule has 0 saturated heterocycles. The molecule has 1 aromatic heterocycles. The molecule has 0 spiro atoms. The highest BCUT2D eigenvalue weighted by Gasteiger charge is 2.19. The van der Waals surface area contributed by atoms with Crippen LogP contribution in [0.15, 0.2) is 91.1 Å². The molecule has 4 aromatic rings. The van der Waals surface area contributed by atoms with E-state index in [0.29, 0.717) is 13.0 Å². The van der Waals surface area contributed by atoms with E-state index in [9.17, 15) is 4.79 Å². The van der Waals surface area contributed by atoms with Crippen LogP contribution in [0.1, 0.15) is 43.1 Å². The Morgan fingerprint density at radius 2 is 1.69 bits per heavy atom. The van der Waals surface area contributed by atoms with Gasteiger partial charge in [0.15, 0.2) is 0 Å². The number of hydrogen-bond donors (Lipinski definition) is 1. The Kier molecular flexibility index (Phi) is 8.56. The summed E-state index contributed by atoms with van der Waals surface area (Å²) >= 11 is 0. The van der Waals surface area contributed by atoms with Gasteiger partial charge < -0.3 is 14.6 Å². The second-order valence-corrected chi connectivity index (χ2v) is 9.51. The quantitative estimate of drug-likeness (QED) is 0.274. The second-order valence-electron chi connectivity index (χ2n) is 9.51. The number of nitrogens with zero attached hydrogens (tertiary/aromatic N) is 2. The summed E-state index contributed by atoms with van der Waals surface area (Å²) in [7, 11) is 1.90. The van der Waals surface area contributed by atoms with E-state index in [1.54, 1.807) is 0 Å². The van der Waals surface area contributed by atoms with E-state index in [4.69, 9.17) is 9.72 Å². The number of carbonyl (C=O) groups is 1. The summed E-state index contributed by atoms with van der Waals surface area (Å²) in [6.07, 6.45) is 4.12. The van der Waals surface area contributed by atoms with Crippen LogP contribution in [0.25, 0.3) is 11.3 Å². The van der Waals surface area contributed by atoms with Gasteiger partial charge in [0.05, 0.1) is 18.2 Å². The number of H-pyrrole nitrogens is 1. The van der Waals surface area contributed by atoms with Gasteiger partial charge in [-0.2, -0.15) is 0 Å². The maximum Gasteiger partial charge on any atom is 0.226 e. The number of carbonyl (C=O) groups excluding carboxylic acids is 1. The Bertz CT molecular complexity index is 1230. The van der Waals surface area contributed by atoms with Crippen LogP contribution in [-0.4, -0.2) is 40.5 Å². The molecule has 0 aliphatic rings. The number of amides is 1. The molecule has 1 N–H and O–H groups in total. The van der Waals surface area contributed by atoms with Gasteiger partial charge in [0.25, 0.3) is 0 Å². The van der Waals surface area contributed by atoms with E-state index in [0.717, 1.165) is 41.2 Å². The van der Waals surface area contributed by atoms with E-state index in [2.05, 4.69) is 41.4 Å². The third kappa shape index (κ3) is 7.08. The summed E-state index contributed by atoms with van der Waals surface area (Å²) in [5.41, 5.74) is 4.26. The van der Waals surface area contributed by atoms with Gasteiger partial charge in [-0.15, -0.1) is 0 Å². The highest BCUT2D eigenvalue weighted by molar-refractivity contribution is 5.78. The zero-order valence-corrected chi connectivity index (χ0v) is 21.4. The van der Waals surface area contributed by atoms with Crippen LogP contribution in [0, 0.1) is 0 Å². The zero-order chi connectivity index (χ0) is 25.3. The minimum Gasteiger partial charge on any atom is -0.491 e. The number of hydrogen-bond acceptors (Lipinski definition) is 3. The Morgan fingerprint density at radius 3 is 2.42 bits per heavy atom. The maximum absolute atomic E-state index is 13.1. The average Bonchev–Trinajstić information content (AvgIpc) is 3.36. The van der Waals surface area contributed by atoms with Crippen LogP contribution in [0.3, 0.4) is 0 Å². The van der Waals surface area contributed by atoms with Gasteiger partial charge in [-0.25, -0.2) is 4.98 Å². The molecule has 0 saturated carbocycles. The van der Waals surface area contributed by atoms with Gasteiger partial charge in [-0.05, 0) is 43.5 Å². The van der Waals surface area contributed by atoms with Crippen molar-refractivity contribution in [2.24, 2.45) is 0 Å². The predicted molar refractivity (Wildman–Crippen MR) is 145 cm³/mol. The smallest absolute Gasteiger partial charge is 0.226 e. The summed E-state index contributed by atoms with van der Waals surface area (Å²) in [6, 6.07) is 28.4. The van der Waals surface area contributed by atoms with Gasteiger partial charge in [-0.1, -0.05) is 72.8 Å². The van der Waals surface area contributed by atoms with Crippen molar-refractivity contribution in [1.82, 2.24) is 14.9 Å². The topological polar surface area (TPSA) is 58.2 Å². The standard InChI is InChI=1S/C31H35N3O2/c1-23(2)36-28-16-10-11-24(19-28)20-31(35)34(3)22-27(25-12-6-4-7-13-25)17-18-30-32-21-29(33-30)26-14-8-5-9-15-26/h4-16,19,21,23,27H,17-18,20,22H2,1-3H3,(H,32,33). The van der Waals surface area contributed by atoms with Crippen molar-refractivity contribution in [3.05, 3.63) is 108 Å². The van der Waals surface area contributed by atoms with Crippen molar-refractivity contribution in [3.8, 4) is 17.0 Å². The highest BCUT2D eigenvalue weighted by atomic mass is 16.5. The Labute approximate surface area is 214 Å². The molecule has 36 heavy (non-hydrogen) atoms. The van der Waals surface area contributed by atoms with Crippen molar-refractivity contribution in [2.45, 2.75) is 45.1 Å². The minimum atomic E-state index is 0.0991. The number of nitrogens with one attached hydrogen (secondary N) is 1. The van der Waals surface area contributed by atoms with Crippen LogP contribution in [0.4, 0.5) is 0 Å². The fraction of sp³-hybridized carbons (Fsp3) is 0.290. The summed E-state index contributed by atoms with van der Waals surface area (Å²) in [5.74, 6) is 2.07. The monoisotopic (exact) mass is 481 g/mol. The third-order valence-electron chi connectivity index (χ3n) is 6.25. The summed E-state index contributed by atoms with van der Waals surface area (Å²) in [6.45, 7) is 4.65. The van der Waals surface area contributed by atoms with Gasteiger partial charge in [0.1, 0.15) is 11.6 Å². The van der Waals surface area contributed by atoms with E-state index in [-0.39, 0.29) is 17.9 Å². The first-order valence-corrected chi connectivity index (χ1v) is 12.6. The fourth-order valence-corrected chi connectivity index (χ4v) is 4.39. The van der Waals surface area contributed by atoms with Gasteiger partial charge in [0, 0.05) is 37.7 Å². The van der Waals surface area contributed by atoms with E-state index >= 15 is 0 Å². The van der Waals surface area contributed by atoms with Crippen molar-refractivity contribution in [2.75, 3.05) is 13.6 Å². The van der Waals surface area contributed by atoms with Crippen LogP contribution < -0.4 is 4.74 Å². The number of ether oxygens (including phenoxy) is 1. The number of likely N-dealkylation sites (N-methyl/N-ethyl adjacent to an activating group) is 1. The van der Waals surface area contributed by atoms with Crippen LogP contribution in [-0.2, 0) is 17.6 Å². The van der Waals surface area contributed by atoms with Gasteiger partial charge in [0.2, 0.25) is 5.91 Å². The Morgan fingerprint density at radius 1 is 0.972 bits per heavy atom. The molecular weight excluding hydrogens is 446 g/mol. The molecule has 186 valence electrons. The first kappa shape index (κ1) is 25.2. The molecule has 1 heterocycles. The fourth-order valence-electron chi connectivity index (χ4n) is 4.39. The summed E-state index contributed by atoms with van der Waals surface area (Å²) < 4.78 is 5.79.